The molecule has 2 rings (SSSR count). The molecule has 1 aromatic heterocycles. The highest BCUT2D eigenvalue weighted by molar-refractivity contribution is 8.13. The van der Waals surface area contributed by atoms with E-state index >= 15 is 4.39 Å². The average molecular weight is 623 g/mol. The average Bonchev–Trinajstić information content (AvgIpc) is 3.16. The minimum absolute atomic E-state index is 0.0151. The summed E-state index contributed by atoms with van der Waals surface area (Å²) in [7, 11) is -1.82. The Labute approximate surface area is 246 Å². The van der Waals surface area contributed by atoms with Gasteiger partial charge in [0.05, 0.1) is 26.4 Å². The van der Waals surface area contributed by atoms with Crippen LogP contribution in [-0.2, 0) is 28.1 Å². The van der Waals surface area contributed by atoms with Gasteiger partial charge in [0.15, 0.2) is 17.5 Å². The molecule has 234 valence electrons. The highest BCUT2D eigenvalue weighted by Gasteiger charge is 2.49. The molecule has 1 aromatic rings. The number of nitrogens with one attached hydrogen (secondary N) is 1. The quantitative estimate of drug-likeness (QED) is 0.219. The highest BCUT2D eigenvalue weighted by atomic mass is 32.2. The maximum absolute atomic E-state index is 15.8. The summed E-state index contributed by atoms with van der Waals surface area (Å²) >= 11 is 1.23. The third-order valence-corrected chi connectivity index (χ3v) is 9.19. The van der Waals surface area contributed by atoms with Crippen molar-refractivity contribution in [1.29, 1.82) is 0 Å². The smallest absolute Gasteiger partial charge is 0.351 e. The second-order valence-corrected chi connectivity index (χ2v) is 13.6. The summed E-state index contributed by atoms with van der Waals surface area (Å²) in [6.45, 7) is 15.0. The lowest BCUT2D eigenvalue weighted by Crippen LogP contribution is -2.39. The summed E-state index contributed by atoms with van der Waals surface area (Å²) in [6.07, 6.45) is -4.27. The van der Waals surface area contributed by atoms with Crippen LogP contribution in [0.25, 0.3) is 0 Å². The lowest BCUT2D eigenvalue weighted by atomic mass is 10.00. The number of anilines is 1. The van der Waals surface area contributed by atoms with Crippen molar-refractivity contribution in [3.8, 4) is 0 Å². The molecule has 1 saturated heterocycles. The van der Waals surface area contributed by atoms with Crippen LogP contribution < -0.4 is 11.0 Å². The summed E-state index contributed by atoms with van der Waals surface area (Å²) in [5.41, 5.74) is -1.24. The fourth-order valence-corrected chi connectivity index (χ4v) is 6.53. The number of rotatable bonds is 15. The van der Waals surface area contributed by atoms with Gasteiger partial charge in [-0.3, -0.25) is 14.2 Å². The van der Waals surface area contributed by atoms with E-state index in [0.717, 1.165) is 4.57 Å². The van der Waals surface area contributed by atoms with Crippen LogP contribution >= 0.6 is 20.3 Å². The molecule has 2 heterocycles. The number of carbonyl (C=O) groups is 2. The first-order valence-corrected chi connectivity index (χ1v) is 15.7. The number of aromatic nitrogens is 2. The fourth-order valence-electron chi connectivity index (χ4n) is 3.96. The molecule has 12 nitrogen and oxygen atoms in total. The molecule has 15 heteroatoms. The van der Waals surface area contributed by atoms with E-state index in [4.69, 9.17) is 18.5 Å². The van der Waals surface area contributed by atoms with Crippen LogP contribution in [0.5, 0.6) is 0 Å². The van der Waals surface area contributed by atoms with Gasteiger partial charge in [-0.2, -0.15) is 4.98 Å². The molecule has 0 spiro atoms. The Hall–Kier alpha value is -1.51. The molecule has 2 unspecified atom stereocenters. The number of amides is 1. The molecule has 1 aliphatic heterocycles. The van der Waals surface area contributed by atoms with Crippen molar-refractivity contribution < 1.29 is 37.6 Å². The minimum Gasteiger partial charge on any atom is -0.394 e. The van der Waals surface area contributed by atoms with E-state index in [1.54, 1.807) is 0 Å². The number of aliphatic hydroxyl groups excluding tert-OH is 1. The van der Waals surface area contributed by atoms with Crippen LogP contribution in [0.4, 0.5) is 10.2 Å². The Kier molecular flexibility index (Phi) is 14.2. The van der Waals surface area contributed by atoms with Crippen LogP contribution in [-0.4, -0.2) is 93.0 Å². The number of nitrogens with zero attached hydrogens (tertiary/aromatic N) is 3. The molecule has 0 radical (unpaired) electrons. The van der Waals surface area contributed by atoms with E-state index in [9.17, 15) is 19.5 Å². The number of ether oxygens (including phenoxy) is 2. The number of carbonyl (C=O) groups excluding carboxylic acids is 2. The van der Waals surface area contributed by atoms with Crippen molar-refractivity contribution in [3.05, 3.63) is 22.7 Å². The van der Waals surface area contributed by atoms with Crippen molar-refractivity contribution in [2.24, 2.45) is 5.41 Å². The van der Waals surface area contributed by atoms with Crippen LogP contribution in [0, 0.1) is 5.41 Å². The van der Waals surface area contributed by atoms with E-state index in [-0.39, 0.29) is 36.2 Å². The van der Waals surface area contributed by atoms with Crippen LogP contribution in [0.1, 0.15) is 61.6 Å². The van der Waals surface area contributed by atoms with Crippen molar-refractivity contribution >= 4 is 37.1 Å². The first kappa shape index (κ1) is 35.7. The lowest BCUT2D eigenvalue weighted by molar-refractivity contribution is -0.117. The Bertz CT molecular complexity index is 1050. The third kappa shape index (κ3) is 10.6. The van der Waals surface area contributed by atoms with Gasteiger partial charge in [-0.15, -0.1) is 0 Å². The van der Waals surface area contributed by atoms with Gasteiger partial charge in [-0.05, 0) is 33.8 Å². The maximum Gasteiger partial charge on any atom is 0.351 e. The van der Waals surface area contributed by atoms with Crippen LogP contribution in [0.3, 0.4) is 0 Å². The van der Waals surface area contributed by atoms with Gasteiger partial charge < -0.3 is 28.9 Å². The normalized spacial score (nSPS) is 22.1. The van der Waals surface area contributed by atoms with Gasteiger partial charge in [-0.25, -0.2) is 13.9 Å². The van der Waals surface area contributed by atoms with Crippen molar-refractivity contribution in [3.63, 3.8) is 0 Å². The molecule has 0 saturated carbocycles. The van der Waals surface area contributed by atoms with Crippen LogP contribution in [0.15, 0.2) is 17.1 Å². The number of aliphatic hydroxyl groups is 1. The molecule has 1 aliphatic rings. The van der Waals surface area contributed by atoms with Crippen LogP contribution in [0.2, 0.25) is 0 Å². The first-order valence-electron chi connectivity index (χ1n) is 13.6. The van der Waals surface area contributed by atoms with E-state index in [1.807, 2.05) is 53.1 Å². The Morgan fingerprint density at radius 2 is 1.90 bits per heavy atom. The Morgan fingerprint density at radius 1 is 1.24 bits per heavy atom. The predicted molar refractivity (Wildman–Crippen MR) is 156 cm³/mol. The highest BCUT2D eigenvalue weighted by Crippen LogP contribution is 2.50. The van der Waals surface area contributed by atoms with E-state index in [0.29, 0.717) is 12.4 Å². The molecule has 1 amide bonds. The van der Waals surface area contributed by atoms with Crippen molar-refractivity contribution in [1.82, 2.24) is 14.2 Å². The van der Waals surface area contributed by atoms with Gasteiger partial charge in [-0.1, -0.05) is 32.5 Å². The number of alkyl halides is 1. The van der Waals surface area contributed by atoms with E-state index < -0.39 is 56.8 Å². The molecule has 0 aliphatic carbocycles. The zero-order valence-electron chi connectivity index (χ0n) is 25.0. The third-order valence-electron chi connectivity index (χ3n) is 5.82. The summed E-state index contributed by atoms with van der Waals surface area (Å²) in [5, 5.41) is 12.5. The van der Waals surface area contributed by atoms with E-state index in [2.05, 4.69) is 10.3 Å². The largest absolute Gasteiger partial charge is 0.394 e. The summed E-state index contributed by atoms with van der Waals surface area (Å²) < 4.78 is 42.4. The van der Waals surface area contributed by atoms with Gasteiger partial charge in [0.1, 0.15) is 18.0 Å². The van der Waals surface area contributed by atoms with Gasteiger partial charge in [0.2, 0.25) is 5.91 Å². The molecule has 41 heavy (non-hydrogen) atoms. The molecule has 0 bridgehead atoms. The van der Waals surface area contributed by atoms with Crippen molar-refractivity contribution in [2.75, 3.05) is 37.5 Å². The Balaban J connectivity index is 2.09. The zero-order valence-corrected chi connectivity index (χ0v) is 26.7. The minimum atomic E-state index is -1.83. The predicted octanol–water partition coefficient (Wildman–Crippen LogP) is 3.50. The number of hydrogen-bond acceptors (Lipinski definition) is 11. The monoisotopic (exact) mass is 622 g/mol. The van der Waals surface area contributed by atoms with Crippen molar-refractivity contribution in [2.45, 2.75) is 92.1 Å². The molecular formula is C26H44FN4O8PS. The second-order valence-electron chi connectivity index (χ2n) is 11.1. The molecule has 1 fully saturated rings. The van der Waals surface area contributed by atoms with Gasteiger partial charge >= 0.3 is 5.69 Å². The van der Waals surface area contributed by atoms with E-state index in [1.165, 1.54) is 30.9 Å². The number of hydrogen-bond donors (Lipinski definition) is 2. The lowest BCUT2D eigenvalue weighted by Gasteiger charge is -2.37. The maximum atomic E-state index is 15.8. The molecule has 5 atom stereocenters. The molecule has 2 N–H and O–H groups in total. The second kappa shape index (κ2) is 16.4. The topological polar surface area (TPSA) is 141 Å². The number of thioether (sulfide) groups is 1. The Morgan fingerprint density at radius 3 is 2.44 bits per heavy atom. The SMILES string of the molecule is CC(=O)Nc1ccn([C@@H]2O[C@H](CO)C(OP(OCCOCCSC(=O)C(C)(C)C)N(C(C)C)C(C)C)[C@@H]2F)c(=O)n1. The van der Waals surface area contributed by atoms with Gasteiger partial charge in [0.25, 0.3) is 8.53 Å². The standard InChI is InChI=1S/C26H44FN4O8PS/c1-16(2)31(17(3)4)40(37-12-11-36-13-14-41-24(34)26(6,7)8)39-22-19(15-32)38-23(21(22)27)30-10-9-20(28-18(5)33)29-25(30)35/h9-10,16-17,19,21-23,32H,11-15H2,1-8H3,(H,28,29,33,35)/t19-,21+,22?,23-,40?/m1/s1. The summed E-state index contributed by atoms with van der Waals surface area (Å²) in [5.74, 6) is 0.146. The number of halogens is 1. The summed E-state index contributed by atoms with van der Waals surface area (Å²) in [4.78, 5) is 39.7. The molecular weight excluding hydrogens is 578 g/mol. The fraction of sp³-hybridized carbons (Fsp3) is 0.769. The zero-order chi connectivity index (χ0) is 30.9. The molecule has 0 aromatic carbocycles. The summed E-state index contributed by atoms with van der Waals surface area (Å²) in [6, 6.07) is 1.32. The first-order chi connectivity index (χ1) is 19.2. The van der Waals surface area contributed by atoms with Gasteiger partial charge in [0, 0.05) is 36.4 Å².